The highest BCUT2D eigenvalue weighted by Gasteiger charge is 2.36. The Balaban J connectivity index is 1.55. The normalized spacial score (nSPS) is 18.0. The zero-order chi connectivity index (χ0) is 19.9. The Morgan fingerprint density at radius 3 is 2.75 bits per heavy atom. The van der Waals surface area contributed by atoms with E-state index in [1.54, 1.807) is 30.5 Å². The first-order valence-corrected chi connectivity index (χ1v) is 10.7. The number of rotatable bonds is 5. The second-order valence-corrected chi connectivity index (χ2v) is 9.12. The van der Waals surface area contributed by atoms with E-state index in [-0.39, 0.29) is 10.8 Å². The molecule has 148 valence electrons. The summed E-state index contributed by atoms with van der Waals surface area (Å²) in [5, 5.41) is 3.79. The van der Waals surface area contributed by atoms with E-state index >= 15 is 0 Å². The van der Waals surface area contributed by atoms with Crippen LogP contribution < -0.4 is 0 Å². The summed E-state index contributed by atoms with van der Waals surface area (Å²) in [7, 11) is -3.60. The second-order valence-electron chi connectivity index (χ2n) is 7.25. The van der Waals surface area contributed by atoms with Gasteiger partial charge in [0.1, 0.15) is 16.4 Å². The third-order valence-electron chi connectivity index (χ3n) is 5.23. The van der Waals surface area contributed by atoms with Crippen LogP contribution in [0.2, 0.25) is 0 Å². The lowest BCUT2D eigenvalue weighted by Gasteiger charge is -2.18. The number of aromatic nitrogens is 4. The molecule has 9 heteroatoms. The first-order chi connectivity index (χ1) is 13.4. The minimum absolute atomic E-state index is 0.197. The van der Waals surface area contributed by atoms with Gasteiger partial charge in [0.25, 0.3) is 0 Å². The van der Waals surface area contributed by atoms with E-state index in [1.807, 2.05) is 25.3 Å². The number of hydrogen-bond donors (Lipinski definition) is 0. The maximum Gasteiger partial charge on any atom is 0.248 e. The molecule has 1 unspecified atom stereocenters. The summed E-state index contributed by atoms with van der Waals surface area (Å²) in [6.07, 6.45) is 6.17. The molecule has 0 amide bonds. The van der Waals surface area contributed by atoms with Gasteiger partial charge in [0.15, 0.2) is 5.76 Å². The Morgan fingerprint density at radius 2 is 2.07 bits per heavy atom. The quantitative estimate of drug-likeness (QED) is 0.652. The van der Waals surface area contributed by atoms with Gasteiger partial charge in [-0.25, -0.2) is 13.4 Å². The van der Waals surface area contributed by atoms with Crippen molar-refractivity contribution in [3.63, 3.8) is 0 Å². The van der Waals surface area contributed by atoms with Gasteiger partial charge >= 0.3 is 0 Å². The van der Waals surface area contributed by atoms with Gasteiger partial charge in [-0.15, -0.1) is 0 Å². The van der Waals surface area contributed by atoms with Gasteiger partial charge in [-0.3, -0.25) is 4.98 Å². The van der Waals surface area contributed by atoms with Crippen LogP contribution in [0.4, 0.5) is 0 Å². The largest absolute Gasteiger partial charge is 0.360 e. The molecule has 1 aliphatic heterocycles. The van der Waals surface area contributed by atoms with E-state index in [2.05, 4.69) is 19.7 Å². The van der Waals surface area contributed by atoms with Crippen LogP contribution in [0, 0.1) is 26.7 Å². The highest BCUT2D eigenvalue weighted by atomic mass is 32.2. The van der Waals surface area contributed by atoms with Crippen molar-refractivity contribution in [3.8, 4) is 11.4 Å². The van der Waals surface area contributed by atoms with Crippen LogP contribution >= 0.6 is 0 Å². The number of sulfonamides is 1. The molecule has 0 bridgehead atoms. The monoisotopic (exact) mass is 401 g/mol. The molecule has 0 spiro atoms. The van der Waals surface area contributed by atoms with Gasteiger partial charge in [-0.2, -0.15) is 4.31 Å². The molecule has 0 aliphatic carbocycles. The van der Waals surface area contributed by atoms with Crippen molar-refractivity contribution in [2.75, 3.05) is 13.1 Å². The molecule has 0 radical (unpaired) electrons. The molecule has 1 saturated heterocycles. The molecule has 0 N–H and O–H groups in total. The maximum absolute atomic E-state index is 13.0. The summed E-state index contributed by atoms with van der Waals surface area (Å²) in [5.41, 5.74) is 2.41. The third kappa shape index (κ3) is 3.24. The SMILES string of the molecule is Cc1noc(C)c1S(=O)(=O)N1CCC(Cn2c(C)cnc2-c2cccnc2)C1. The standard InChI is InChI=1S/C19H23N5O3S/c1-13-9-21-19(17-5-4-7-20-10-17)24(13)12-16-6-8-23(11-16)28(25,26)18-14(2)22-27-15(18)3/h4-5,7,9-10,16H,6,8,11-12H2,1-3H3. The topological polar surface area (TPSA) is 94.1 Å². The van der Waals surface area contributed by atoms with Gasteiger partial charge in [0.05, 0.1) is 0 Å². The Hall–Kier alpha value is -2.52. The molecule has 28 heavy (non-hydrogen) atoms. The lowest BCUT2D eigenvalue weighted by atomic mass is 10.1. The average molecular weight is 401 g/mol. The molecule has 0 aromatic carbocycles. The summed E-state index contributed by atoms with van der Waals surface area (Å²) < 4.78 is 34.8. The molecule has 0 saturated carbocycles. The number of aryl methyl sites for hydroxylation is 3. The fourth-order valence-corrected chi connectivity index (χ4v) is 5.63. The number of pyridine rings is 1. The van der Waals surface area contributed by atoms with Crippen LogP contribution in [-0.2, 0) is 16.6 Å². The Kier molecular flexibility index (Phi) is 4.80. The lowest BCUT2D eigenvalue weighted by molar-refractivity contribution is 0.389. The lowest BCUT2D eigenvalue weighted by Crippen LogP contribution is -2.30. The van der Waals surface area contributed by atoms with E-state index in [4.69, 9.17) is 4.52 Å². The molecule has 1 aliphatic rings. The summed E-state index contributed by atoms with van der Waals surface area (Å²) in [4.78, 5) is 8.90. The van der Waals surface area contributed by atoms with Crippen LogP contribution in [0.3, 0.4) is 0 Å². The molecule has 3 aromatic rings. The van der Waals surface area contributed by atoms with Crippen molar-refractivity contribution >= 4 is 10.0 Å². The highest BCUT2D eigenvalue weighted by Crippen LogP contribution is 2.30. The second kappa shape index (κ2) is 7.14. The minimum atomic E-state index is -3.60. The van der Waals surface area contributed by atoms with Gasteiger partial charge < -0.3 is 9.09 Å². The molecular formula is C19H23N5O3S. The fourth-order valence-electron chi connectivity index (χ4n) is 3.81. The zero-order valence-corrected chi connectivity index (χ0v) is 17.0. The number of nitrogens with zero attached hydrogens (tertiary/aromatic N) is 5. The maximum atomic E-state index is 13.0. The van der Waals surface area contributed by atoms with Crippen LogP contribution in [0.1, 0.15) is 23.6 Å². The third-order valence-corrected chi connectivity index (χ3v) is 7.34. The van der Waals surface area contributed by atoms with Crippen LogP contribution in [-0.4, -0.2) is 45.5 Å². The average Bonchev–Trinajstić information content (AvgIpc) is 3.37. The highest BCUT2D eigenvalue weighted by molar-refractivity contribution is 7.89. The molecule has 1 atom stereocenters. The van der Waals surface area contributed by atoms with Gasteiger partial charge in [0, 0.05) is 49.5 Å². The Morgan fingerprint density at radius 1 is 1.25 bits per heavy atom. The van der Waals surface area contributed by atoms with Gasteiger partial charge in [-0.05, 0) is 45.2 Å². The molecule has 4 rings (SSSR count). The van der Waals surface area contributed by atoms with Crippen molar-refractivity contribution in [3.05, 3.63) is 47.9 Å². The molecular weight excluding hydrogens is 378 g/mol. The Labute approximate surface area is 164 Å². The summed E-state index contributed by atoms with van der Waals surface area (Å²) in [5.74, 6) is 1.40. The first kappa shape index (κ1) is 18.8. The summed E-state index contributed by atoms with van der Waals surface area (Å²) in [6.45, 7) is 6.98. The van der Waals surface area contributed by atoms with E-state index in [0.717, 1.165) is 23.5 Å². The van der Waals surface area contributed by atoms with E-state index in [1.165, 1.54) is 0 Å². The van der Waals surface area contributed by atoms with Gasteiger partial charge in [-0.1, -0.05) is 5.16 Å². The van der Waals surface area contributed by atoms with Crippen molar-refractivity contribution in [2.45, 2.75) is 38.6 Å². The van der Waals surface area contributed by atoms with Gasteiger partial charge in [0.2, 0.25) is 10.0 Å². The fraction of sp³-hybridized carbons (Fsp3) is 0.421. The van der Waals surface area contributed by atoms with Crippen molar-refractivity contribution in [2.24, 2.45) is 5.92 Å². The predicted molar refractivity (Wildman–Crippen MR) is 103 cm³/mol. The molecule has 4 heterocycles. The molecule has 1 fully saturated rings. The van der Waals surface area contributed by atoms with Crippen molar-refractivity contribution < 1.29 is 12.9 Å². The minimum Gasteiger partial charge on any atom is -0.360 e. The number of imidazole rings is 1. The van der Waals surface area contributed by atoms with Crippen molar-refractivity contribution in [1.29, 1.82) is 0 Å². The predicted octanol–water partition coefficient (Wildman–Crippen LogP) is 2.57. The molecule has 3 aromatic heterocycles. The van der Waals surface area contributed by atoms with Crippen LogP contribution in [0.5, 0.6) is 0 Å². The zero-order valence-electron chi connectivity index (χ0n) is 16.2. The Bertz CT molecular complexity index is 1070. The number of hydrogen-bond acceptors (Lipinski definition) is 6. The van der Waals surface area contributed by atoms with Crippen LogP contribution in [0.25, 0.3) is 11.4 Å². The van der Waals surface area contributed by atoms with Crippen LogP contribution in [0.15, 0.2) is 40.1 Å². The van der Waals surface area contributed by atoms with Crippen molar-refractivity contribution in [1.82, 2.24) is 24.0 Å². The smallest absolute Gasteiger partial charge is 0.248 e. The first-order valence-electron chi connectivity index (χ1n) is 9.23. The van der Waals surface area contributed by atoms with E-state index in [9.17, 15) is 8.42 Å². The summed E-state index contributed by atoms with van der Waals surface area (Å²) in [6, 6.07) is 3.87. The molecule has 8 nitrogen and oxygen atoms in total. The summed E-state index contributed by atoms with van der Waals surface area (Å²) >= 11 is 0. The van der Waals surface area contributed by atoms with E-state index < -0.39 is 10.0 Å². The van der Waals surface area contributed by atoms with E-state index in [0.29, 0.717) is 31.1 Å².